The average molecular weight is 256 g/mol. The van der Waals surface area contributed by atoms with Crippen LogP contribution in [0.1, 0.15) is 30.1 Å². The van der Waals surface area contributed by atoms with E-state index in [1.807, 2.05) is 0 Å². The summed E-state index contributed by atoms with van der Waals surface area (Å²) in [5.74, 6) is -0.317. The molecule has 1 aromatic rings. The quantitative estimate of drug-likeness (QED) is 0.601. The van der Waals surface area contributed by atoms with Crippen LogP contribution in [0.4, 0.5) is 0 Å². The van der Waals surface area contributed by atoms with Crippen molar-refractivity contribution >= 4 is 17.6 Å². The number of benzene rings is 1. The Kier molecular flexibility index (Phi) is 6.67. The number of hydrogen-bond acceptors (Lipinski definition) is 3. The van der Waals surface area contributed by atoms with Gasteiger partial charge in [-0.3, -0.25) is 0 Å². The highest BCUT2D eigenvalue weighted by Crippen LogP contribution is 2.11. The fourth-order valence-electron chi connectivity index (χ4n) is 1.36. The standard InChI is InChI=1S/C13H18ClNO2/c1-2-7-15-8-4-9-17-13(16)11-5-3-6-12(14)10-11/h3,5-6,10,15H,2,4,7-9H2,1H3. The second kappa shape index (κ2) is 8.09. The summed E-state index contributed by atoms with van der Waals surface area (Å²) in [6.45, 7) is 4.42. The summed E-state index contributed by atoms with van der Waals surface area (Å²) in [4.78, 5) is 11.6. The Morgan fingerprint density at radius 2 is 2.24 bits per heavy atom. The number of hydrogen-bond donors (Lipinski definition) is 1. The Balaban J connectivity index is 2.21. The first-order chi connectivity index (χ1) is 8.24. The second-order valence-electron chi connectivity index (χ2n) is 3.75. The normalized spacial score (nSPS) is 10.2. The van der Waals surface area contributed by atoms with Gasteiger partial charge in [-0.15, -0.1) is 0 Å². The second-order valence-corrected chi connectivity index (χ2v) is 4.19. The fraction of sp³-hybridized carbons (Fsp3) is 0.462. The molecule has 1 rings (SSSR count). The Bertz CT molecular complexity index is 355. The zero-order chi connectivity index (χ0) is 12.5. The molecular formula is C13H18ClNO2. The van der Waals surface area contributed by atoms with Crippen molar-refractivity contribution in [1.82, 2.24) is 5.32 Å². The van der Waals surface area contributed by atoms with Crippen molar-refractivity contribution in [3.05, 3.63) is 34.9 Å². The molecule has 0 saturated heterocycles. The Hall–Kier alpha value is -1.06. The van der Waals surface area contributed by atoms with E-state index in [9.17, 15) is 4.79 Å². The summed E-state index contributed by atoms with van der Waals surface area (Å²) >= 11 is 5.79. The fourth-order valence-corrected chi connectivity index (χ4v) is 1.55. The van der Waals surface area contributed by atoms with E-state index in [1.165, 1.54) is 0 Å². The number of carbonyl (C=O) groups is 1. The minimum absolute atomic E-state index is 0.317. The lowest BCUT2D eigenvalue weighted by Crippen LogP contribution is -2.18. The molecule has 94 valence electrons. The van der Waals surface area contributed by atoms with Crippen LogP contribution in [0.5, 0.6) is 0 Å². The minimum atomic E-state index is -0.317. The third kappa shape index (κ3) is 5.71. The molecule has 4 heteroatoms. The number of halogens is 1. The van der Waals surface area contributed by atoms with Crippen LogP contribution in [0.25, 0.3) is 0 Å². The van der Waals surface area contributed by atoms with Gasteiger partial charge in [-0.1, -0.05) is 24.6 Å². The van der Waals surface area contributed by atoms with Crippen LogP contribution < -0.4 is 5.32 Å². The third-order valence-corrected chi connectivity index (χ3v) is 2.45. The lowest BCUT2D eigenvalue weighted by molar-refractivity contribution is 0.0501. The van der Waals surface area contributed by atoms with Crippen molar-refractivity contribution in [2.75, 3.05) is 19.7 Å². The number of rotatable bonds is 7. The molecule has 0 fully saturated rings. The molecule has 0 amide bonds. The number of esters is 1. The van der Waals surface area contributed by atoms with Gasteiger partial charge >= 0.3 is 5.97 Å². The molecular weight excluding hydrogens is 238 g/mol. The Morgan fingerprint density at radius 1 is 1.41 bits per heavy atom. The summed E-state index contributed by atoms with van der Waals surface area (Å²) in [6.07, 6.45) is 1.94. The van der Waals surface area contributed by atoms with Crippen LogP contribution in [0.15, 0.2) is 24.3 Å². The van der Waals surface area contributed by atoms with Crippen LogP contribution in [-0.2, 0) is 4.74 Å². The highest BCUT2D eigenvalue weighted by Gasteiger charge is 2.06. The SMILES string of the molecule is CCCNCCCOC(=O)c1cccc(Cl)c1. The van der Waals surface area contributed by atoms with E-state index in [-0.39, 0.29) is 5.97 Å². The Morgan fingerprint density at radius 3 is 2.94 bits per heavy atom. The van der Waals surface area contributed by atoms with Gasteiger partial charge in [0.15, 0.2) is 0 Å². The van der Waals surface area contributed by atoms with Crippen molar-refractivity contribution < 1.29 is 9.53 Å². The first-order valence-electron chi connectivity index (χ1n) is 5.87. The molecule has 1 N–H and O–H groups in total. The highest BCUT2D eigenvalue weighted by atomic mass is 35.5. The monoisotopic (exact) mass is 255 g/mol. The minimum Gasteiger partial charge on any atom is -0.462 e. The molecule has 0 aromatic heterocycles. The largest absolute Gasteiger partial charge is 0.462 e. The molecule has 0 bridgehead atoms. The first kappa shape index (κ1) is 14.0. The van der Waals surface area contributed by atoms with Gasteiger partial charge in [0, 0.05) is 5.02 Å². The molecule has 0 heterocycles. The van der Waals surface area contributed by atoms with E-state index in [4.69, 9.17) is 16.3 Å². The van der Waals surface area contributed by atoms with Crippen molar-refractivity contribution in [2.45, 2.75) is 19.8 Å². The summed E-state index contributed by atoms with van der Waals surface area (Å²) in [5.41, 5.74) is 0.499. The van der Waals surface area contributed by atoms with Gasteiger partial charge in [-0.2, -0.15) is 0 Å². The lowest BCUT2D eigenvalue weighted by Gasteiger charge is -2.05. The van der Waals surface area contributed by atoms with Crippen molar-refractivity contribution in [1.29, 1.82) is 0 Å². The maximum atomic E-state index is 11.6. The van der Waals surface area contributed by atoms with Crippen LogP contribution in [0.2, 0.25) is 5.02 Å². The summed E-state index contributed by atoms with van der Waals surface area (Å²) in [7, 11) is 0. The zero-order valence-electron chi connectivity index (χ0n) is 10.0. The van der Waals surface area contributed by atoms with Crippen LogP contribution >= 0.6 is 11.6 Å². The molecule has 0 aliphatic carbocycles. The molecule has 0 atom stereocenters. The van der Waals surface area contributed by atoms with E-state index in [0.717, 1.165) is 25.9 Å². The summed E-state index contributed by atoms with van der Waals surface area (Å²) < 4.78 is 5.13. The Labute approximate surface area is 107 Å². The molecule has 0 aliphatic rings. The maximum absolute atomic E-state index is 11.6. The van der Waals surface area contributed by atoms with Crippen LogP contribution in [0, 0.1) is 0 Å². The number of carbonyl (C=O) groups excluding carboxylic acids is 1. The smallest absolute Gasteiger partial charge is 0.338 e. The topological polar surface area (TPSA) is 38.3 Å². The van der Waals surface area contributed by atoms with Gasteiger partial charge in [0.25, 0.3) is 0 Å². The molecule has 0 aliphatic heterocycles. The lowest BCUT2D eigenvalue weighted by atomic mass is 10.2. The van der Waals surface area contributed by atoms with Crippen LogP contribution in [0.3, 0.4) is 0 Å². The third-order valence-electron chi connectivity index (χ3n) is 2.22. The van der Waals surface area contributed by atoms with E-state index in [0.29, 0.717) is 17.2 Å². The summed E-state index contributed by atoms with van der Waals surface area (Å²) in [5, 5.41) is 3.79. The van der Waals surface area contributed by atoms with Crippen molar-refractivity contribution in [3.63, 3.8) is 0 Å². The van der Waals surface area contributed by atoms with Gasteiger partial charge in [0.05, 0.1) is 12.2 Å². The maximum Gasteiger partial charge on any atom is 0.338 e. The van der Waals surface area contributed by atoms with E-state index >= 15 is 0 Å². The van der Waals surface area contributed by atoms with Crippen molar-refractivity contribution in [2.24, 2.45) is 0 Å². The summed E-state index contributed by atoms with van der Waals surface area (Å²) in [6, 6.07) is 6.78. The van der Waals surface area contributed by atoms with Gasteiger partial charge in [-0.05, 0) is 44.1 Å². The molecule has 0 spiro atoms. The first-order valence-corrected chi connectivity index (χ1v) is 6.25. The molecule has 0 unspecified atom stereocenters. The predicted octanol–water partition coefficient (Wildman–Crippen LogP) is 2.89. The predicted molar refractivity (Wildman–Crippen MR) is 69.5 cm³/mol. The number of ether oxygens (including phenoxy) is 1. The zero-order valence-corrected chi connectivity index (χ0v) is 10.8. The van der Waals surface area contributed by atoms with Gasteiger partial charge in [0.2, 0.25) is 0 Å². The highest BCUT2D eigenvalue weighted by molar-refractivity contribution is 6.30. The van der Waals surface area contributed by atoms with E-state index < -0.39 is 0 Å². The molecule has 1 aromatic carbocycles. The van der Waals surface area contributed by atoms with Gasteiger partial charge in [0.1, 0.15) is 0 Å². The number of nitrogens with one attached hydrogen (secondary N) is 1. The van der Waals surface area contributed by atoms with Crippen molar-refractivity contribution in [3.8, 4) is 0 Å². The molecule has 17 heavy (non-hydrogen) atoms. The van der Waals surface area contributed by atoms with Crippen LogP contribution in [-0.4, -0.2) is 25.7 Å². The van der Waals surface area contributed by atoms with E-state index in [1.54, 1.807) is 24.3 Å². The molecule has 3 nitrogen and oxygen atoms in total. The molecule has 0 radical (unpaired) electrons. The van der Waals surface area contributed by atoms with E-state index in [2.05, 4.69) is 12.2 Å². The van der Waals surface area contributed by atoms with Gasteiger partial charge < -0.3 is 10.1 Å². The average Bonchev–Trinajstić information content (AvgIpc) is 2.33. The molecule has 0 saturated carbocycles. The van der Waals surface area contributed by atoms with Gasteiger partial charge in [-0.25, -0.2) is 4.79 Å².